The quantitative estimate of drug-likeness (QED) is 0.187. The summed E-state index contributed by atoms with van der Waals surface area (Å²) >= 11 is 0. The van der Waals surface area contributed by atoms with Crippen molar-refractivity contribution < 1.29 is 14.3 Å². The molecule has 0 spiro atoms. The van der Waals surface area contributed by atoms with Gasteiger partial charge in [-0.2, -0.15) is 0 Å². The molecule has 6 nitrogen and oxygen atoms in total. The number of para-hydroxylation sites is 1. The van der Waals surface area contributed by atoms with Crippen molar-refractivity contribution in [3.8, 4) is 51.9 Å². The molecule has 0 saturated heterocycles. The molecule has 3 aromatic carbocycles. The highest BCUT2D eigenvalue weighted by Crippen LogP contribution is 2.24. The molecule has 210 valence electrons. The van der Waals surface area contributed by atoms with Gasteiger partial charge in [-0.25, -0.2) is 0 Å². The SMILES string of the molecule is O=C1C=CC(=O)N1CCOc1c(C#Cc2ccc(-c3ccccn3)cc2)cccc1C#Cc1ccc(-c2ccccn2)cc1. The van der Waals surface area contributed by atoms with Crippen LogP contribution in [-0.2, 0) is 9.59 Å². The Morgan fingerprint density at radius 1 is 0.568 bits per heavy atom. The molecule has 6 heteroatoms. The van der Waals surface area contributed by atoms with Gasteiger partial charge in [0.1, 0.15) is 6.61 Å². The monoisotopic (exact) mass is 571 g/mol. The van der Waals surface area contributed by atoms with E-state index in [0.29, 0.717) is 16.9 Å². The Hall–Kier alpha value is -6.24. The fraction of sp³-hybridized carbons (Fsp3) is 0.0526. The van der Waals surface area contributed by atoms with E-state index in [9.17, 15) is 9.59 Å². The molecule has 0 N–H and O–H groups in total. The van der Waals surface area contributed by atoms with Gasteiger partial charge in [-0.15, -0.1) is 0 Å². The third-order valence-electron chi connectivity index (χ3n) is 6.85. The van der Waals surface area contributed by atoms with Crippen LogP contribution in [0.25, 0.3) is 22.5 Å². The number of aromatic nitrogens is 2. The van der Waals surface area contributed by atoms with Gasteiger partial charge in [0.2, 0.25) is 0 Å². The summed E-state index contributed by atoms with van der Waals surface area (Å²) < 4.78 is 6.16. The van der Waals surface area contributed by atoms with Gasteiger partial charge < -0.3 is 4.74 Å². The van der Waals surface area contributed by atoms with Crippen molar-refractivity contribution in [3.63, 3.8) is 0 Å². The molecule has 0 atom stereocenters. The van der Waals surface area contributed by atoms with E-state index in [4.69, 9.17) is 4.74 Å². The number of hydrogen-bond acceptors (Lipinski definition) is 5. The van der Waals surface area contributed by atoms with Crippen molar-refractivity contribution in [1.29, 1.82) is 0 Å². The molecule has 1 aliphatic rings. The summed E-state index contributed by atoms with van der Waals surface area (Å²) in [5.41, 5.74) is 6.76. The van der Waals surface area contributed by atoms with E-state index in [1.54, 1.807) is 12.4 Å². The molecule has 0 unspecified atom stereocenters. The molecule has 3 heterocycles. The van der Waals surface area contributed by atoms with Gasteiger partial charge in [-0.05, 0) is 60.7 Å². The molecule has 0 saturated carbocycles. The van der Waals surface area contributed by atoms with Crippen LogP contribution in [-0.4, -0.2) is 39.8 Å². The van der Waals surface area contributed by atoms with Crippen molar-refractivity contribution in [1.82, 2.24) is 14.9 Å². The van der Waals surface area contributed by atoms with Crippen LogP contribution in [0.3, 0.4) is 0 Å². The van der Waals surface area contributed by atoms with E-state index in [0.717, 1.165) is 38.5 Å². The maximum Gasteiger partial charge on any atom is 0.253 e. The van der Waals surface area contributed by atoms with Crippen LogP contribution < -0.4 is 4.74 Å². The molecule has 44 heavy (non-hydrogen) atoms. The van der Waals surface area contributed by atoms with Crippen molar-refractivity contribution in [2.45, 2.75) is 0 Å². The van der Waals surface area contributed by atoms with Gasteiger partial charge in [0.15, 0.2) is 5.75 Å². The van der Waals surface area contributed by atoms with Crippen LogP contribution in [0.15, 0.2) is 128 Å². The van der Waals surface area contributed by atoms with Crippen LogP contribution in [0, 0.1) is 23.7 Å². The standard InChI is InChI=1S/C38H25N3O3/c42-36-22-23-37(43)41(36)26-27-44-38-32(20-14-28-10-16-30(17-11-28)34-8-1-3-24-39-34)6-5-7-33(38)21-15-29-12-18-31(19-13-29)35-9-2-4-25-40-35/h1-13,16-19,22-25H,26-27H2. The summed E-state index contributed by atoms with van der Waals surface area (Å²) in [6.07, 6.45) is 6.06. The number of carbonyl (C=O) groups is 2. The second-order valence-electron chi connectivity index (χ2n) is 9.78. The predicted octanol–water partition coefficient (Wildman–Crippen LogP) is 5.91. The van der Waals surface area contributed by atoms with Gasteiger partial charge >= 0.3 is 0 Å². The van der Waals surface area contributed by atoms with Gasteiger partial charge in [0.25, 0.3) is 11.8 Å². The number of carbonyl (C=O) groups excluding carboxylic acids is 2. The topological polar surface area (TPSA) is 72.4 Å². The van der Waals surface area contributed by atoms with Gasteiger partial charge in [0, 0.05) is 46.8 Å². The zero-order valence-electron chi connectivity index (χ0n) is 23.6. The molecular formula is C38H25N3O3. The summed E-state index contributed by atoms with van der Waals surface area (Å²) in [7, 11) is 0. The van der Waals surface area contributed by atoms with Crippen LogP contribution in [0.1, 0.15) is 22.3 Å². The average molecular weight is 572 g/mol. The van der Waals surface area contributed by atoms with E-state index in [-0.39, 0.29) is 25.0 Å². The van der Waals surface area contributed by atoms with E-state index in [1.165, 1.54) is 12.2 Å². The second kappa shape index (κ2) is 13.2. The Morgan fingerprint density at radius 2 is 1.07 bits per heavy atom. The summed E-state index contributed by atoms with van der Waals surface area (Å²) in [5.74, 6) is 12.7. The highest BCUT2D eigenvalue weighted by atomic mass is 16.5. The van der Waals surface area contributed by atoms with Crippen molar-refractivity contribution in [3.05, 3.63) is 150 Å². The highest BCUT2D eigenvalue weighted by molar-refractivity contribution is 6.12. The number of amides is 2. The lowest BCUT2D eigenvalue weighted by Crippen LogP contribution is -2.33. The summed E-state index contributed by atoms with van der Waals surface area (Å²) in [6.45, 7) is 0.216. The zero-order chi connectivity index (χ0) is 30.1. The van der Waals surface area contributed by atoms with Crippen LogP contribution in [0.2, 0.25) is 0 Å². The summed E-state index contributed by atoms with van der Waals surface area (Å²) in [5, 5.41) is 0. The van der Waals surface area contributed by atoms with Gasteiger partial charge in [-0.3, -0.25) is 24.5 Å². The minimum Gasteiger partial charge on any atom is -0.489 e. The lowest BCUT2D eigenvalue weighted by Gasteiger charge is -2.15. The maximum absolute atomic E-state index is 12.0. The number of rotatable bonds is 6. The molecule has 0 aliphatic carbocycles. The summed E-state index contributed by atoms with van der Waals surface area (Å²) in [4.78, 5) is 34.0. The average Bonchev–Trinajstić information content (AvgIpc) is 3.40. The van der Waals surface area contributed by atoms with Crippen LogP contribution in [0.4, 0.5) is 0 Å². The number of benzene rings is 3. The molecule has 5 aromatic rings. The van der Waals surface area contributed by atoms with E-state index >= 15 is 0 Å². The third-order valence-corrected chi connectivity index (χ3v) is 6.85. The first-order valence-corrected chi connectivity index (χ1v) is 14.0. The largest absolute Gasteiger partial charge is 0.489 e. The van der Waals surface area contributed by atoms with Crippen LogP contribution in [0.5, 0.6) is 5.75 Å². The van der Waals surface area contributed by atoms with E-state index in [2.05, 4.69) is 33.6 Å². The van der Waals surface area contributed by atoms with E-state index in [1.807, 2.05) is 103 Å². The zero-order valence-corrected chi connectivity index (χ0v) is 23.6. The number of hydrogen-bond donors (Lipinski definition) is 0. The molecule has 0 fully saturated rings. The number of pyridine rings is 2. The Bertz CT molecular complexity index is 1820. The Balaban J connectivity index is 1.26. The first-order valence-electron chi connectivity index (χ1n) is 14.0. The Morgan fingerprint density at radius 3 is 1.52 bits per heavy atom. The van der Waals surface area contributed by atoms with Crippen molar-refractivity contribution in [2.24, 2.45) is 0 Å². The minimum atomic E-state index is -0.352. The second-order valence-corrected chi connectivity index (χ2v) is 9.78. The molecular weight excluding hydrogens is 546 g/mol. The first kappa shape index (κ1) is 27.9. The molecule has 0 radical (unpaired) electrons. The Kier molecular flexibility index (Phi) is 8.35. The fourth-order valence-electron chi connectivity index (χ4n) is 4.57. The lowest BCUT2D eigenvalue weighted by atomic mass is 10.1. The van der Waals surface area contributed by atoms with E-state index < -0.39 is 0 Å². The third kappa shape index (κ3) is 6.62. The van der Waals surface area contributed by atoms with Crippen molar-refractivity contribution >= 4 is 11.8 Å². The molecule has 2 aromatic heterocycles. The number of ether oxygens (including phenoxy) is 1. The smallest absolute Gasteiger partial charge is 0.253 e. The van der Waals surface area contributed by atoms with Gasteiger partial charge in [0.05, 0.1) is 29.1 Å². The Labute approximate surface area is 255 Å². The van der Waals surface area contributed by atoms with Gasteiger partial charge in [-0.1, -0.05) is 66.1 Å². The normalized spacial score (nSPS) is 11.9. The molecule has 0 bridgehead atoms. The molecule has 1 aliphatic heterocycles. The first-order chi connectivity index (χ1) is 21.6. The molecule has 6 rings (SSSR count). The molecule has 2 amide bonds. The van der Waals surface area contributed by atoms with Crippen molar-refractivity contribution in [2.75, 3.05) is 13.2 Å². The predicted molar refractivity (Wildman–Crippen MR) is 169 cm³/mol. The lowest BCUT2D eigenvalue weighted by molar-refractivity contribution is -0.137. The summed E-state index contributed by atoms with van der Waals surface area (Å²) in [6, 6.07) is 33.0. The number of nitrogens with zero attached hydrogens (tertiary/aromatic N) is 3. The maximum atomic E-state index is 12.0. The fourth-order valence-corrected chi connectivity index (χ4v) is 4.57. The minimum absolute atomic E-state index is 0.101. The highest BCUT2D eigenvalue weighted by Gasteiger charge is 2.23. The van der Waals surface area contributed by atoms with Crippen LogP contribution >= 0.6 is 0 Å². The number of imide groups is 1.